The molecule has 0 aromatic carbocycles. The van der Waals surface area contributed by atoms with Gasteiger partial charge in [0.1, 0.15) is 0 Å². The molecule has 0 radical (unpaired) electrons. The quantitative estimate of drug-likeness (QED) is 0.114. The molecule has 2 aliphatic heterocycles. The van der Waals surface area contributed by atoms with E-state index in [0.29, 0.717) is 24.7 Å². The predicted octanol–water partition coefficient (Wildman–Crippen LogP) is 9.80. The maximum Gasteiger partial charge on any atom is 0.323 e. The van der Waals surface area contributed by atoms with Crippen LogP contribution in [0.5, 0.6) is 6.01 Å². The van der Waals surface area contributed by atoms with E-state index >= 15 is 0 Å². The highest BCUT2D eigenvalue weighted by Gasteiger charge is 2.43. The Morgan fingerprint density at radius 2 is 1.10 bits per heavy atom. The Kier molecular flexibility index (Phi) is 18.0. The molecule has 0 amide bonds. The van der Waals surface area contributed by atoms with Gasteiger partial charge in [-0.1, -0.05) is 86.6 Å². The number of nitrogens with zero attached hydrogens (tertiary/aromatic N) is 5. The third-order valence-electron chi connectivity index (χ3n) is 11.6. The third-order valence-corrected chi connectivity index (χ3v) is 28.7. The number of unbranched alkanes of at least 4 members (excludes halogenated alkanes) is 2. The van der Waals surface area contributed by atoms with Gasteiger partial charge in [-0.3, -0.25) is 0 Å². The maximum absolute atomic E-state index is 6.59. The predicted molar refractivity (Wildman–Crippen MR) is 227 cm³/mol. The summed E-state index contributed by atoms with van der Waals surface area (Å²) >= 11 is 0. The molecule has 10 heteroatoms. The van der Waals surface area contributed by atoms with Gasteiger partial charge >= 0.3 is 6.01 Å². The van der Waals surface area contributed by atoms with Crippen LogP contribution >= 0.6 is 0 Å². The summed E-state index contributed by atoms with van der Waals surface area (Å²) in [5.41, 5.74) is 0.112. The molecule has 3 rings (SSSR count). The molecule has 50 heavy (non-hydrogen) atoms. The van der Waals surface area contributed by atoms with E-state index in [1.54, 1.807) is 0 Å². The first-order chi connectivity index (χ1) is 22.3. The highest BCUT2D eigenvalue weighted by Crippen LogP contribution is 2.36. The summed E-state index contributed by atoms with van der Waals surface area (Å²) in [5.74, 6) is 1.60. The number of piperidine rings is 2. The third kappa shape index (κ3) is 13.3. The number of hydrogen-bond acceptors (Lipinski definition) is 8. The summed E-state index contributed by atoms with van der Waals surface area (Å²) in [6.07, 6.45) is 9.78. The molecular formula is C40H85N7OSi2. The Morgan fingerprint density at radius 3 is 1.44 bits per heavy atom. The van der Waals surface area contributed by atoms with Gasteiger partial charge in [0.05, 0.1) is 6.61 Å². The van der Waals surface area contributed by atoms with E-state index in [-0.39, 0.29) is 37.0 Å². The lowest BCUT2D eigenvalue weighted by molar-refractivity contribution is 0.157. The van der Waals surface area contributed by atoms with Crippen LogP contribution in [0, 0.1) is 0 Å². The van der Waals surface area contributed by atoms with Crippen molar-refractivity contribution in [3.05, 3.63) is 0 Å². The highest BCUT2D eigenvalue weighted by molar-refractivity contribution is 7.32. The van der Waals surface area contributed by atoms with Gasteiger partial charge in [-0.2, -0.15) is 15.0 Å². The average molecular weight is 736 g/mol. The molecule has 2 saturated heterocycles. The average Bonchev–Trinajstić information content (AvgIpc) is 2.96. The number of rotatable bonds is 18. The van der Waals surface area contributed by atoms with E-state index in [1.165, 1.54) is 18.1 Å². The number of aromatic nitrogens is 3. The second kappa shape index (κ2) is 19.2. The summed E-state index contributed by atoms with van der Waals surface area (Å²) in [5, 5.41) is 7.80. The molecule has 1 aromatic rings. The minimum atomic E-state index is -1.18. The molecule has 2 atom stereocenters. The molecule has 1 aromatic heterocycles. The second-order valence-corrected chi connectivity index (χ2v) is 32.8. The molecular weight excluding hydrogens is 651 g/mol. The van der Waals surface area contributed by atoms with Crippen LogP contribution < -0.4 is 25.2 Å². The van der Waals surface area contributed by atoms with E-state index in [2.05, 4.69) is 117 Å². The van der Waals surface area contributed by atoms with Crippen LogP contribution in [0.1, 0.15) is 156 Å². The summed E-state index contributed by atoms with van der Waals surface area (Å²) in [7, 11) is -1.83. The zero-order valence-electron chi connectivity index (χ0n) is 34.0. The summed E-state index contributed by atoms with van der Waals surface area (Å²) in [6, 6.07) is 5.33. The normalized spacial score (nSPS) is 21.6. The van der Waals surface area contributed by atoms with Gasteiger partial charge in [-0.25, -0.2) is 0 Å². The number of anilines is 2. The Morgan fingerprint density at radius 1 is 0.700 bits per heavy atom. The number of nitrogens with one attached hydrogen (secondary N) is 2. The van der Waals surface area contributed by atoms with Crippen LogP contribution in [0.2, 0.25) is 31.2 Å². The Bertz CT molecular complexity index is 1050. The van der Waals surface area contributed by atoms with Crippen molar-refractivity contribution in [1.29, 1.82) is 0 Å². The molecule has 3 heterocycles. The molecule has 2 fully saturated rings. The van der Waals surface area contributed by atoms with Crippen molar-refractivity contribution in [3.63, 3.8) is 0 Å². The Labute approximate surface area is 313 Å². The van der Waals surface area contributed by atoms with Crippen molar-refractivity contribution < 1.29 is 4.74 Å². The van der Waals surface area contributed by atoms with Crippen LogP contribution in [-0.4, -0.2) is 84.8 Å². The van der Waals surface area contributed by atoms with E-state index in [9.17, 15) is 0 Å². The largest absolute Gasteiger partial charge is 0.463 e. The van der Waals surface area contributed by atoms with Gasteiger partial charge in [0, 0.05) is 63.2 Å². The van der Waals surface area contributed by atoms with E-state index in [1.807, 2.05) is 0 Å². The topological polar surface area (TPSA) is 78.4 Å². The maximum atomic E-state index is 6.59. The summed E-state index contributed by atoms with van der Waals surface area (Å²) in [6.45, 7) is 36.0. The van der Waals surface area contributed by atoms with Crippen molar-refractivity contribution in [2.24, 2.45) is 0 Å². The van der Waals surface area contributed by atoms with E-state index < -0.39 is 15.9 Å². The first-order valence-corrected chi connectivity index (χ1v) is 26.5. The summed E-state index contributed by atoms with van der Waals surface area (Å²) in [4.78, 5) is 20.8. The number of hydrogen-bond donors (Lipinski definition) is 2. The van der Waals surface area contributed by atoms with Crippen LogP contribution in [0.25, 0.3) is 0 Å². The standard InChI is InChI=1S/C38H77N7OSi2.2CH4/c1-15-19-22-44(30-26-35(5,6)42-36(7,8)27-30)32-39-33(41-34(40-32)46-24-21-25-48(14,18-4)47(13)17-3)45(23-20-16-2)31-28-37(9,10)43-38(11,12)29-31;;/h30-31,42-43,47H,15-29H2,1-14H3;2*1H4. The van der Waals surface area contributed by atoms with Crippen molar-refractivity contribution in [3.8, 4) is 6.01 Å². The second-order valence-electron chi connectivity index (χ2n) is 18.5. The molecule has 2 N–H and O–H groups in total. The smallest absolute Gasteiger partial charge is 0.323 e. The fourth-order valence-electron chi connectivity index (χ4n) is 9.09. The van der Waals surface area contributed by atoms with E-state index in [4.69, 9.17) is 19.7 Å². The zero-order valence-corrected chi connectivity index (χ0v) is 36.1. The van der Waals surface area contributed by atoms with Crippen molar-refractivity contribution in [1.82, 2.24) is 25.6 Å². The molecule has 294 valence electrons. The molecule has 2 unspecified atom stereocenters. The lowest BCUT2D eigenvalue weighted by Gasteiger charge is -2.50. The fraction of sp³-hybridized carbons (Fsp3) is 0.925. The fourth-order valence-corrected chi connectivity index (χ4v) is 19.7. The van der Waals surface area contributed by atoms with Crippen molar-refractivity contribution >= 4 is 27.8 Å². The van der Waals surface area contributed by atoms with Gasteiger partial charge in [-0.15, -0.1) is 0 Å². The minimum Gasteiger partial charge on any atom is -0.463 e. The SMILES string of the molecule is C.C.CCCCN(c1nc(OCCC[Si](C)(CC)[SiH](C)CC)nc(N(CCCC)C2CC(C)(C)NC(C)(C)C2)n1)C1CC(C)(C)NC(C)(C)C1. The Balaban J connectivity index is 0.00000625. The van der Waals surface area contributed by atoms with Gasteiger partial charge in [0.25, 0.3) is 0 Å². The molecule has 0 aliphatic carbocycles. The van der Waals surface area contributed by atoms with Crippen molar-refractivity contribution in [2.75, 3.05) is 29.5 Å². The first-order valence-electron chi connectivity index (χ1n) is 19.8. The van der Waals surface area contributed by atoms with Crippen LogP contribution in [0.4, 0.5) is 11.9 Å². The zero-order chi connectivity index (χ0) is 36.0. The lowest BCUT2D eigenvalue weighted by atomic mass is 9.79. The van der Waals surface area contributed by atoms with E-state index in [0.717, 1.165) is 82.8 Å². The Hall–Kier alpha value is -1.24. The monoisotopic (exact) mass is 736 g/mol. The van der Waals surface area contributed by atoms with Gasteiger partial charge in [0.15, 0.2) is 0 Å². The van der Waals surface area contributed by atoms with Crippen LogP contribution in [-0.2, 0) is 0 Å². The van der Waals surface area contributed by atoms with Crippen LogP contribution in [0.15, 0.2) is 0 Å². The molecule has 0 bridgehead atoms. The van der Waals surface area contributed by atoms with Crippen molar-refractivity contribution in [2.45, 2.75) is 221 Å². The number of ether oxygens (including phenoxy) is 1. The minimum absolute atomic E-state index is 0. The molecule has 0 saturated carbocycles. The van der Waals surface area contributed by atoms with Gasteiger partial charge in [-0.05, 0) is 100 Å². The first kappa shape index (κ1) is 46.8. The molecule has 2 aliphatic rings. The lowest BCUT2D eigenvalue weighted by Crippen LogP contribution is -2.63. The van der Waals surface area contributed by atoms with Gasteiger partial charge < -0.3 is 25.2 Å². The van der Waals surface area contributed by atoms with Gasteiger partial charge in [0.2, 0.25) is 11.9 Å². The summed E-state index contributed by atoms with van der Waals surface area (Å²) < 4.78 is 6.59. The molecule has 0 spiro atoms. The van der Waals surface area contributed by atoms with Crippen LogP contribution in [0.3, 0.4) is 0 Å². The highest BCUT2D eigenvalue weighted by atomic mass is 29.2. The molecule has 8 nitrogen and oxygen atoms in total.